The molecule has 13 nitrogen and oxygen atoms in total. The monoisotopic (exact) mass is 761 g/mol. The second-order valence-corrected chi connectivity index (χ2v) is 13.1. The Balaban J connectivity index is 0.00000101. The van der Waals surface area contributed by atoms with E-state index in [1.807, 2.05) is 6.07 Å². The molecule has 48 heavy (non-hydrogen) atoms. The van der Waals surface area contributed by atoms with E-state index < -0.39 is 30.8 Å². The number of aryl methyl sites for hydroxylation is 1. The molecule has 2 aromatic heterocycles. The third-order valence-electron chi connectivity index (χ3n) is 5.95. The van der Waals surface area contributed by atoms with Gasteiger partial charge in [0.05, 0.1) is 31.9 Å². The Hall–Kier alpha value is -3.67. The molecule has 0 bridgehead atoms. The Labute approximate surface area is 294 Å². The van der Waals surface area contributed by atoms with Crippen molar-refractivity contribution < 1.29 is 72.2 Å². The molecule has 0 radical (unpaired) electrons. The molecule has 0 aliphatic carbocycles. The van der Waals surface area contributed by atoms with Gasteiger partial charge in [0.2, 0.25) is 0 Å². The van der Waals surface area contributed by atoms with Gasteiger partial charge in [0, 0.05) is 45.8 Å². The third-order valence-corrected chi connectivity index (χ3v) is 9.90. The van der Waals surface area contributed by atoms with E-state index in [1.54, 1.807) is 49.5 Å². The molecule has 1 atom stereocenters. The molecule has 4 rings (SSSR count). The van der Waals surface area contributed by atoms with Crippen molar-refractivity contribution in [3.63, 3.8) is 0 Å². The quantitative estimate of drug-likeness (QED) is 0.0642. The molecule has 4 aromatic rings. The molecule has 0 amide bonds. The normalized spacial score (nSPS) is 10.7. The highest BCUT2D eigenvalue weighted by molar-refractivity contribution is 7.91. The van der Waals surface area contributed by atoms with E-state index >= 15 is 0 Å². The standard InChI is InChI=1S/C23H27FN4O7PS2.C6H4N2.2ClH/c1-15-18-11-20(32-8-2-6-25)21(33-9-3-7-26)12-22(18)37-23(15)38(30,31)28-14-34-36(29)35-17-5-4-16(13-27)19(24)10-17;7-5-6-3-1-2-4-8-6;;/h4-5,10-12,28H,2-3,6-9,14,25-26H2,1H3;1-4H;2*1H/q+1;;;. The number of hydrogen-bond acceptors (Lipinski definition) is 11. The summed E-state index contributed by atoms with van der Waals surface area (Å²) in [6, 6.07) is 15.6. The van der Waals surface area contributed by atoms with Crippen LogP contribution in [-0.2, 0) is 19.1 Å². The van der Waals surface area contributed by atoms with Crippen LogP contribution in [-0.4, -0.2) is 46.4 Å². The first kappa shape index (κ1) is 42.4. The van der Waals surface area contributed by atoms with E-state index in [2.05, 4.69) is 21.2 Å². The first-order chi connectivity index (χ1) is 22.1. The Morgan fingerprint density at radius 1 is 1.00 bits per heavy atom. The number of thiophene rings is 1. The zero-order valence-electron chi connectivity index (χ0n) is 25.7. The molecule has 0 aliphatic rings. The van der Waals surface area contributed by atoms with Gasteiger partial charge < -0.3 is 45.8 Å². The second-order valence-electron chi connectivity index (χ2n) is 9.24. The van der Waals surface area contributed by atoms with Crippen LogP contribution in [0.5, 0.6) is 17.2 Å². The maximum atomic E-state index is 13.7. The van der Waals surface area contributed by atoms with Crippen LogP contribution in [0.15, 0.2) is 58.9 Å². The Morgan fingerprint density at radius 2 is 1.67 bits per heavy atom. The zero-order valence-corrected chi connectivity index (χ0v) is 29.7. The van der Waals surface area contributed by atoms with E-state index in [0.717, 1.165) is 42.9 Å². The van der Waals surface area contributed by atoms with Gasteiger partial charge in [0.1, 0.15) is 27.9 Å². The fourth-order valence-corrected chi connectivity index (χ4v) is 6.95. The van der Waals surface area contributed by atoms with Crippen LogP contribution in [0.1, 0.15) is 29.7 Å². The predicted molar refractivity (Wildman–Crippen MR) is 167 cm³/mol. The molecule has 19 heteroatoms. The van der Waals surface area contributed by atoms with Crippen LogP contribution in [0.4, 0.5) is 4.39 Å². The minimum Gasteiger partial charge on any atom is -1.00 e. The number of benzene rings is 2. The van der Waals surface area contributed by atoms with Gasteiger partial charge in [-0.2, -0.15) is 15.2 Å². The highest BCUT2D eigenvalue weighted by Gasteiger charge is 2.27. The summed E-state index contributed by atoms with van der Waals surface area (Å²) in [4.78, 5) is 3.74. The van der Waals surface area contributed by atoms with Crippen LogP contribution in [0.2, 0.25) is 0 Å². The molecular weight excluding hydrogens is 729 g/mol. The molecule has 0 spiro atoms. The van der Waals surface area contributed by atoms with Gasteiger partial charge in [-0.05, 0) is 42.8 Å². The fraction of sp³-hybridized carbons (Fsp3) is 0.276. The lowest BCUT2D eigenvalue weighted by Crippen LogP contribution is -3.00. The SMILES string of the molecule is Cc1c(S(=O)(=O)NCO[P+](=O)Oc2ccc(C#N)c(F)c2)sc2cc(OCCC[NH3+])c(OCCC[NH3+])cc12.N#Cc1ccccn1.[Cl-].[Cl-]. The maximum Gasteiger partial charge on any atom is 0.751 e. The number of nitriles is 2. The van der Waals surface area contributed by atoms with Crippen molar-refractivity contribution in [1.29, 1.82) is 10.5 Å². The second kappa shape index (κ2) is 21.3. The summed E-state index contributed by atoms with van der Waals surface area (Å²) < 4.78 is 76.3. The lowest BCUT2D eigenvalue weighted by atomic mass is 10.2. The summed E-state index contributed by atoms with van der Waals surface area (Å²) in [5, 5.41) is 17.7. The van der Waals surface area contributed by atoms with Crippen molar-refractivity contribution in [2.45, 2.75) is 24.0 Å². The summed E-state index contributed by atoms with van der Waals surface area (Å²) in [7, 11) is -6.86. The van der Waals surface area contributed by atoms with Gasteiger partial charge in [-0.15, -0.1) is 11.3 Å². The van der Waals surface area contributed by atoms with Crippen LogP contribution < -0.4 is 55.0 Å². The number of nitrogens with one attached hydrogen (secondary N) is 1. The maximum absolute atomic E-state index is 13.7. The molecule has 7 N–H and O–H groups in total. The average molecular weight is 763 g/mol. The van der Waals surface area contributed by atoms with Crippen molar-refractivity contribution in [1.82, 2.24) is 9.71 Å². The first-order valence-electron chi connectivity index (χ1n) is 13.8. The number of rotatable bonds is 15. The number of hydrogen-bond donors (Lipinski definition) is 3. The van der Waals surface area contributed by atoms with Gasteiger partial charge >= 0.3 is 8.25 Å². The molecule has 2 aromatic carbocycles. The molecule has 0 fully saturated rings. The fourth-order valence-electron chi connectivity index (χ4n) is 3.66. The molecule has 1 unspecified atom stereocenters. The highest BCUT2D eigenvalue weighted by Crippen LogP contribution is 2.41. The topological polar surface area (TPSA) is 216 Å². The number of fused-ring (bicyclic) bond motifs is 1. The van der Waals surface area contributed by atoms with Crippen LogP contribution in [0.3, 0.4) is 0 Å². The molecule has 0 saturated heterocycles. The van der Waals surface area contributed by atoms with E-state index in [1.165, 1.54) is 6.07 Å². The summed E-state index contributed by atoms with van der Waals surface area (Å²) in [5.74, 6) is 0.0582. The smallest absolute Gasteiger partial charge is 0.751 e. The Morgan fingerprint density at radius 3 is 2.21 bits per heavy atom. The largest absolute Gasteiger partial charge is 1.00 e. The van der Waals surface area contributed by atoms with Crippen molar-refractivity contribution in [2.24, 2.45) is 0 Å². The van der Waals surface area contributed by atoms with Crippen LogP contribution in [0.25, 0.3) is 10.1 Å². The number of quaternary nitrogens is 2. The molecule has 2 heterocycles. The Bertz CT molecular complexity index is 1840. The van der Waals surface area contributed by atoms with Crippen LogP contribution >= 0.6 is 19.6 Å². The average Bonchev–Trinajstić information content (AvgIpc) is 3.37. The van der Waals surface area contributed by atoms with E-state index in [4.69, 9.17) is 29.0 Å². The number of nitrogens with zero attached hydrogens (tertiary/aromatic N) is 3. The Kier molecular flexibility index (Phi) is 18.8. The third kappa shape index (κ3) is 12.4. The minimum atomic E-state index is -4.04. The summed E-state index contributed by atoms with van der Waals surface area (Å²) in [6.45, 7) is 3.36. The molecule has 0 aliphatic heterocycles. The minimum absolute atomic E-state index is 0. The lowest BCUT2D eigenvalue weighted by Gasteiger charge is -2.12. The van der Waals surface area contributed by atoms with E-state index in [-0.39, 0.29) is 40.3 Å². The van der Waals surface area contributed by atoms with Gasteiger partial charge in [0.15, 0.2) is 24.0 Å². The van der Waals surface area contributed by atoms with Gasteiger partial charge in [-0.1, -0.05) is 10.6 Å². The summed E-state index contributed by atoms with van der Waals surface area (Å²) in [5.41, 5.74) is 8.39. The van der Waals surface area contributed by atoms with Crippen molar-refractivity contribution in [2.75, 3.05) is 33.0 Å². The number of ether oxygens (including phenoxy) is 2. The highest BCUT2D eigenvalue weighted by atomic mass is 35.5. The zero-order chi connectivity index (χ0) is 33.5. The lowest BCUT2D eigenvalue weighted by molar-refractivity contribution is -0.369. The molecular formula is C29H33Cl2FN6O7PS2+. The van der Waals surface area contributed by atoms with Gasteiger partial charge in [-0.25, -0.2) is 22.3 Å². The molecule has 0 saturated carbocycles. The van der Waals surface area contributed by atoms with Crippen molar-refractivity contribution in [3.05, 3.63) is 77.4 Å². The predicted octanol–water partition coefficient (Wildman–Crippen LogP) is -2.81. The van der Waals surface area contributed by atoms with Gasteiger partial charge in [-0.3, -0.25) is 0 Å². The van der Waals surface area contributed by atoms with Crippen LogP contribution in [0, 0.1) is 35.4 Å². The van der Waals surface area contributed by atoms with E-state index in [9.17, 15) is 17.4 Å². The summed E-state index contributed by atoms with van der Waals surface area (Å²) >= 11 is 1.05. The number of sulfonamides is 1. The number of halogens is 3. The number of pyridine rings is 1. The number of aromatic nitrogens is 1. The van der Waals surface area contributed by atoms with E-state index in [0.29, 0.717) is 52.6 Å². The van der Waals surface area contributed by atoms with Gasteiger partial charge in [0.25, 0.3) is 10.0 Å². The van der Waals surface area contributed by atoms with Crippen molar-refractivity contribution in [3.8, 4) is 29.4 Å². The molecule has 258 valence electrons. The summed E-state index contributed by atoms with van der Waals surface area (Å²) in [6.07, 6.45) is 3.11. The van der Waals surface area contributed by atoms with Crippen molar-refractivity contribution >= 4 is 39.7 Å². The first-order valence-corrected chi connectivity index (χ1v) is 17.2.